The van der Waals surface area contributed by atoms with E-state index in [0.29, 0.717) is 17.2 Å². The molecule has 2 aromatic rings. The molecular formula is C19H22N2O4. The minimum Gasteiger partial charge on any atom is -0.497 e. The van der Waals surface area contributed by atoms with E-state index in [9.17, 15) is 4.79 Å². The van der Waals surface area contributed by atoms with E-state index in [2.05, 4.69) is 9.97 Å². The number of hydrogen-bond acceptors (Lipinski definition) is 6. The molecule has 1 heterocycles. The van der Waals surface area contributed by atoms with Gasteiger partial charge in [0.05, 0.1) is 37.0 Å². The Labute approximate surface area is 147 Å². The Morgan fingerprint density at radius 3 is 2.44 bits per heavy atom. The highest BCUT2D eigenvalue weighted by Crippen LogP contribution is 2.25. The maximum Gasteiger partial charge on any atom is 0.331 e. The highest BCUT2D eigenvalue weighted by Gasteiger charge is 2.08. The maximum absolute atomic E-state index is 12.0. The molecule has 2 rings (SSSR count). The molecule has 0 radical (unpaired) electrons. The molecule has 0 unspecified atom stereocenters. The van der Waals surface area contributed by atoms with E-state index in [4.69, 9.17) is 14.2 Å². The van der Waals surface area contributed by atoms with Gasteiger partial charge >= 0.3 is 5.97 Å². The van der Waals surface area contributed by atoms with Crippen LogP contribution in [0, 0.1) is 20.8 Å². The quantitative estimate of drug-likeness (QED) is 0.593. The second kappa shape index (κ2) is 8.28. The lowest BCUT2D eigenvalue weighted by Gasteiger charge is -2.08. The van der Waals surface area contributed by atoms with Crippen molar-refractivity contribution in [3.63, 3.8) is 0 Å². The number of ether oxygens (including phenoxy) is 3. The topological polar surface area (TPSA) is 70.5 Å². The smallest absolute Gasteiger partial charge is 0.331 e. The number of benzene rings is 1. The molecule has 0 aliphatic heterocycles. The van der Waals surface area contributed by atoms with Crippen molar-refractivity contribution in [2.45, 2.75) is 27.4 Å². The molecule has 0 spiro atoms. The zero-order valence-electron chi connectivity index (χ0n) is 15.1. The molecule has 132 valence electrons. The summed E-state index contributed by atoms with van der Waals surface area (Å²) in [7, 11) is 3.15. The van der Waals surface area contributed by atoms with Gasteiger partial charge in [0.2, 0.25) is 0 Å². The first-order chi connectivity index (χ1) is 11.9. The van der Waals surface area contributed by atoms with E-state index in [0.717, 1.165) is 22.6 Å². The Morgan fingerprint density at radius 2 is 1.76 bits per heavy atom. The van der Waals surface area contributed by atoms with E-state index in [1.807, 2.05) is 20.8 Å². The van der Waals surface area contributed by atoms with E-state index in [1.54, 1.807) is 38.5 Å². The van der Waals surface area contributed by atoms with Crippen molar-refractivity contribution >= 4 is 12.0 Å². The summed E-state index contributed by atoms with van der Waals surface area (Å²) in [4.78, 5) is 20.8. The van der Waals surface area contributed by atoms with Crippen molar-refractivity contribution in [2.24, 2.45) is 0 Å². The van der Waals surface area contributed by atoms with E-state index in [-0.39, 0.29) is 6.61 Å². The summed E-state index contributed by atoms with van der Waals surface area (Å²) in [6, 6.07) is 5.34. The number of hydrogen-bond donors (Lipinski definition) is 0. The van der Waals surface area contributed by atoms with Gasteiger partial charge in [0.1, 0.15) is 18.1 Å². The molecule has 0 aliphatic rings. The first-order valence-corrected chi connectivity index (χ1v) is 7.82. The summed E-state index contributed by atoms with van der Waals surface area (Å²) < 4.78 is 15.7. The van der Waals surface area contributed by atoms with E-state index < -0.39 is 5.97 Å². The fourth-order valence-corrected chi connectivity index (χ4v) is 2.21. The van der Waals surface area contributed by atoms with Crippen LogP contribution in [-0.4, -0.2) is 30.2 Å². The molecule has 25 heavy (non-hydrogen) atoms. The van der Waals surface area contributed by atoms with Crippen molar-refractivity contribution < 1.29 is 19.0 Å². The lowest BCUT2D eigenvalue weighted by atomic mass is 10.1. The number of nitrogens with zero attached hydrogens (tertiary/aromatic N) is 2. The highest BCUT2D eigenvalue weighted by atomic mass is 16.5. The molecule has 0 N–H and O–H groups in total. The van der Waals surface area contributed by atoms with Gasteiger partial charge in [-0.2, -0.15) is 0 Å². The average Bonchev–Trinajstić information content (AvgIpc) is 2.61. The lowest BCUT2D eigenvalue weighted by molar-refractivity contribution is -0.139. The number of rotatable bonds is 6. The largest absolute Gasteiger partial charge is 0.497 e. The third kappa shape index (κ3) is 4.79. The van der Waals surface area contributed by atoms with E-state index in [1.165, 1.54) is 6.08 Å². The third-order valence-electron chi connectivity index (χ3n) is 3.77. The van der Waals surface area contributed by atoms with Crippen LogP contribution in [0.15, 0.2) is 24.3 Å². The number of carbonyl (C=O) groups is 1. The van der Waals surface area contributed by atoms with Gasteiger partial charge in [-0.3, -0.25) is 9.97 Å². The maximum atomic E-state index is 12.0. The minimum absolute atomic E-state index is 0.0817. The van der Waals surface area contributed by atoms with Gasteiger partial charge in [-0.15, -0.1) is 0 Å². The Balaban J connectivity index is 2.05. The Kier molecular flexibility index (Phi) is 6.11. The standard InChI is InChI=1S/C19H22N2O4/c1-12-13(2)21-17(14(3)20-12)11-25-19(22)9-6-15-10-16(23-4)7-8-18(15)24-5/h6-10H,11H2,1-5H3/b9-6+. The summed E-state index contributed by atoms with van der Waals surface area (Å²) in [5.41, 5.74) is 3.84. The van der Waals surface area contributed by atoms with Gasteiger partial charge in [0.15, 0.2) is 0 Å². The van der Waals surface area contributed by atoms with E-state index >= 15 is 0 Å². The van der Waals surface area contributed by atoms with Crippen LogP contribution in [0.1, 0.15) is 28.3 Å². The number of aromatic nitrogens is 2. The van der Waals surface area contributed by atoms with Crippen molar-refractivity contribution in [2.75, 3.05) is 14.2 Å². The Morgan fingerprint density at radius 1 is 1.04 bits per heavy atom. The van der Waals surface area contributed by atoms with Crippen molar-refractivity contribution in [3.8, 4) is 11.5 Å². The van der Waals surface area contributed by atoms with Crippen LogP contribution in [0.5, 0.6) is 11.5 Å². The van der Waals surface area contributed by atoms with Crippen LogP contribution < -0.4 is 9.47 Å². The molecule has 0 fully saturated rings. The second-order valence-corrected chi connectivity index (χ2v) is 5.48. The predicted molar refractivity (Wildman–Crippen MR) is 94.6 cm³/mol. The monoisotopic (exact) mass is 342 g/mol. The molecule has 1 aromatic carbocycles. The summed E-state index contributed by atoms with van der Waals surface area (Å²) in [6.45, 7) is 5.70. The highest BCUT2D eigenvalue weighted by molar-refractivity contribution is 5.87. The first kappa shape index (κ1) is 18.4. The molecule has 0 atom stereocenters. The Hall–Kier alpha value is -2.89. The molecule has 6 nitrogen and oxygen atoms in total. The summed E-state index contributed by atoms with van der Waals surface area (Å²) in [5, 5.41) is 0. The zero-order chi connectivity index (χ0) is 18.4. The molecule has 1 aromatic heterocycles. The minimum atomic E-state index is -0.468. The molecule has 6 heteroatoms. The normalized spacial score (nSPS) is 10.8. The van der Waals surface area contributed by atoms with Crippen LogP contribution in [0.25, 0.3) is 6.08 Å². The average molecular weight is 342 g/mol. The first-order valence-electron chi connectivity index (χ1n) is 7.82. The number of carbonyl (C=O) groups excluding carboxylic acids is 1. The zero-order valence-corrected chi connectivity index (χ0v) is 15.1. The number of methoxy groups -OCH3 is 2. The molecule has 0 amide bonds. The fraction of sp³-hybridized carbons (Fsp3) is 0.316. The van der Waals surface area contributed by atoms with Gasteiger partial charge in [-0.1, -0.05) is 0 Å². The third-order valence-corrected chi connectivity index (χ3v) is 3.77. The molecule has 0 bridgehead atoms. The van der Waals surface area contributed by atoms with Gasteiger partial charge in [0.25, 0.3) is 0 Å². The van der Waals surface area contributed by atoms with Gasteiger partial charge in [-0.05, 0) is 45.0 Å². The second-order valence-electron chi connectivity index (χ2n) is 5.48. The van der Waals surface area contributed by atoms with Gasteiger partial charge < -0.3 is 14.2 Å². The summed E-state index contributed by atoms with van der Waals surface area (Å²) in [5.74, 6) is 0.847. The van der Waals surface area contributed by atoms with Crippen LogP contribution in [-0.2, 0) is 16.1 Å². The van der Waals surface area contributed by atoms with Gasteiger partial charge in [-0.25, -0.2) is 4.79 Å². The van der Waals surface area contributed by atoms with Crippen LogP contribution in [0.2, 0.25) is 0 Å². The molecular weight excluding hydrogens is 320 g/mol. The molecule has 0 saturated carbocycles. The van der Waals surface area contributed by atoms with Crippen LogP contribution >= 0.6 is 0 Å². The van der Waals surface area contributed by atoms with Crippen molar-refractivity contribution in [1.29, 1.82) is 0 Å². The van der Waals surface area contributed by atoms with Crippen LogP contribution in [0.4, 0.5) is 0 Å². The fourth-order valence-electron chi connectivity index (χ4n) is 2.21. The number of aryl methyl sites for hydroxylation is 3. The van der Waals surface area contributed by atoms with Crippen LogP contribution in [0.3, 0.4) is 0 Å². The Bertz CT molecular complexity index is 800. The predicted octanol–water partition coefficient (Wildman–Crippen LogP) is 3.18. The summed E-state index contributed by atoms with van der Waals surface area (Å²) in [6.07, 6.45) is 2.98. The van der Waals surface area contributed by atoms with Crippen molar-refractivity contribution in [3.05, 3.63) is 52.6 Å². The number of esters is 1. The summed E-state index contributed by atoms with van der Waals surface area (Å²) >= 11 is 0. The lowest BCUT2D eigenvalue weighted by Crippen LogP contribution is -2.07. The molecule has 0 aliphatic carbocycles. The SMILES string of the molecule is COc1ccc(OC)c(/C=C/C(=O)OCc2nc(C)c(C)nc2C)c1. The molecule has 0 saturated heterocycles. The van der Waals surface area contributed by atoms with Crippen molar-refractivity contribution in [1.82, 2.24) is 9.97 Å². The van der Waals surface area contributed by atoms with Gasteiger partial charge in [0, 0.05) is 11.6 Å².